The standard InChI is InChI=1S/C13H23NO2/c1-13(2)7-6-10(9-13)14-8-4-3-5-11(14)12(15)16/h10-11H,3-9H2,1-2H3,(H,15,16). The molecule has 0 radical (unpaired) electrons. The van der Waals surface area contributed by atoms with Crippen molar-refractivity contribution in [3.8, 4) is 0 Å². The number of aliphatic carboxylic acids is 1. The molecule has 1 aliphatic carbocycles. The van der Waals surface area contributed by atoms with Crippen LogP contribution < -0.4 is 0 Å². The predicted molar refractivity (Wildman–Crippen MR) is 63.4 cm³/mol. The molecule has 2 fully saturated rings. The van der Waals surface area contributed by atoms with Crippen LogP contribution in [-0.4, -0.2) is 34.6 Å². The van der Waals surface area contributed by atoms with Gasteiger partial charge in [-0.3, -0.25) is 9.69 Å². The maximum Gasteiger partial charge on any atom is 0.320 e. The smallest absolute Gasteiger partial charge is 0.320 e. The molecule has 0 bridgehead atoms. The van der Waals surface area contributed by atoms with Crippen LogP contribution in [0.3, 0.4) is 0 Å². The van der Waals surface area contributed by atoms with Crippen LogP contribution in [0, 0.1) is 5.41 Å². The molecule has 2 atom stereocenters. The van der Waals surface area contributed by atoms with Crippen LogP contribution in [-0.2, 0) is 4.79 Å². The minimum atomic E-state index is -0.621. The van der Waals surface area contributed by atoms with Gasteiger partial charge in [-0.15, -0.1) is 0 Å². The van der Waals surface area contributed by atoms with Crippen LogP contribution in [0.2, 0.25) is 0 Å². The summed E-state index contributed by atoms with van der Waals surface area (Å²) in [6.07, 6.45) is 6.66. The maximum absolute atomic E-state index is 11.2. The van der Waals surface area contributed by atoms with Crippen LogP contribution in [0.25, 0.3) is 0 Å². The lowest BCUT2D eigenvalue weighted by Crippen LogP contribution is -2.49. The van der Waals surface area contributed by atoms with Crippen molar-refractivity contribution in [3.05, 3.63) is 0 Å². The highest BCUT2D eigenvalue weighted by atomic mass is 16.4. The average molecular weight is 225 g/mol. The Morgan fingerprint density at radius 2 is 2.06 bits per heavy atom. The van der Waals surface area contributed by atoms with Gasteiger partial charge in [0.15, 0.2) is 0 Å². The fraction of sp³-hybridized carbons (Fsp3) is 0.923. The second-order valence-corrected chi connectivity index (χ2v) is 6.15. The number of hydrogen-bond donors (Lipinski definition) is 1. The lowest BCUT2D eigenvalue weighted by Gasteiger charge is -2.38. The molecule has 2 unspecified atom stereocenters. The third kappa shape index (κ3) is 2.40. The molecular formula is C13H23NO2. The summed E-state index contributed by atoms with van der Waals surface area (Å²) in [7, 11) is 0. The quantitative estimate of drug-likeness (QED) is 0.785. The minimum absolute atomic E-state index is 0.215. The van der Waals surface area contributed by atoms with Crippen molar-refractivity contribution in [3.63, 3.8) is 0 Å². The number of nitrogens with zero attached hydrogens (tertiary/aromatic N) is 1. The number of piperidine rings is 1. The highest BCUT2D eigenvalue weighted by molar-refractivity contribution is 5.73. The number of rotatable bonds is 2. The Morgan fingerprint density at radius 1 is 1.31 bits per heavy atom. The van der Waals surface area contributed by atoms with E-state index < -0.39 is 5.97 Å². The topological polar surface area (TPSA) is 40.5 Å². The lowest BCUT2D eigenvalue weighted by atomic mass is 9.91. The molecule has 0 spiro atoms. The first-order valence-electron chi connectivity index (χ1n) is 6.48. The van der Waals surface area contributed by atoms with Crippen LogP contribution in [0.4, 0.5) is 0 Å². The summed E-state index contributed by atoms with van der Waals surface area (Å²) in [4.78, 5) is 13.5. The zero-order chi connectivity index (χ0) is 11.8. The van der Waals surface area contributed by atoms with Gasteiger partial charge in [0, 0.05) is 6.04 Å². The molecule has 1 heterocycles. The van der Waals surface area contributed by atoms with Gasteiger partial charge in [-0.25, -0.2) is 0 Å². The first kappa shape index (κ1) is 11.9. The summed E-state index contributed by atoms with van der Waals surface area (Å²) in [5.74, 6) is -0.621. The Bertz CT molecular complexity index is 275. The molecule has 92 valence electrons. The van der Waals surface area contributed by atoms with Crippen molar-refractivity contribution in [2.45, 2.75) is 64.5 Å². The molecule has 2 aliphatic rings. The van der Waals surface area contributed by atoms with E-state index in [0.717, 1.165) is 25.8 Å². The highest BCUT2D eigenvalue weighted by Crippen LogP contribution is 2.41. The van der Waals surface area contributed by atoms with E-state index in [-0.39, 0.29) is 6.04 Å². The normalized spacial score (nSPS) is 35.1. The largest absolute Gasteiger partial charge is 0.480 e. The number of carboxylic acid groups (broad SMARTS) is 1. The molecule has 1 N–H and O–H groups in total. The Morgan fingerprint density at radius 3 is 2.62 bits per heavy atom. The van der Waals surface area contributed by atoms with Gasteiger partial charge in [0.1, 0.15) is 6.04 Å². The van der Waals surface area contributed by atoms with Crippen molar-refractivity contribution in [2.24, 2.45) is 5.41 Å². The van der Waals surface area contributed by atoms with Crippen molar-refractivity contribution >= 4 is 5.97 Å². The second-order valence-electron chi connectivity index (χ2n) is 6.15. The summed E-state index contributed by atoms with van der Waals surface area (Å²) < 4.78 is 0. The van der Waals surface area contributed by atoms with E-state index in [1.807, 2.05) is 0 Å². The minimum Gasteiger partial charge on any atom is -0.480 e. The molecule has 1 saturated heterocycles. The molecule has 16 heavy (non-hydrogen) atoms. The van der Waals surface area contributed by atoms with E-state index in [1.165, 1.54) is 19.3 Å². The van der Waals surface area contributed by atoms with Gasteiger partial charge in [-0.2, -0.15) is 0 Å². The van der Waals surface area contributed by atoms with E-state index in [1.54, 1.807) is 0 Å². The molecule has 1 saturated carbocycles. The average Bonchev–Trinajstić information content (AvgIpc) is 2.59. The SMILES string of the molecule is CC1(C)CCC(N2CCCCC2C(=O)O)C1. The Labute approximate surface area is 97.8 Å². The van der Waals surface area contributed by atoms with Gasteiger partial charge in [0.2, 0.25) is 0 Å². The molecule has 2 rings (SSSR count). The highest BCUT2D eigenvalue weighted by Gasteiger charge is 2.39. The van der Waals surface area contributed by atoms with Gasteiger partial charge in [0.25, 0.3) is 0 Å². The third-order valence-electron chi connectivity index (χ3n) is 4.24. The summed E-state index contributed by atoms with van der Waals surface area (Å²) in [5.41, 5.74) is 0.408. The molecule has 0 aromatic heterocycles. The number of carbonyl (C=O) groups is 1. The summed E-state index contributed by atoms with van der Waals surface area (Å²) in [6.45, 7) is 5.58. The predicted octanol–water partition coefficient (Wildman–Crippen LogP) is 2.50. The summed E-state index contributed by atoms with van der Waals surface area (Å²) >= 11 is 0. The molecule has 1 aliphatic heterocycles. The maximum atomic E-state index is 11.2. The van der Waals surface area contributed by atoms with E-state index in [0.29, 0.717) is 11.5 Å². The molecular weight excluding hydrogens is 202 g/mol. The number of hydrogen-bond acceptors (Lipinski definition) is 2. The lowest BCUT2D eigenvalue weighted by molar-refractivity contribution is -0.145. The van der Waals surface area contributed by atoms with Crippen molar-refractivity contribution in [1.82, 2.24) is 4.90 Å². The Kier molecular flexibility index (Phi) is 3.24. The van der Waals surface area contributed by atoms with Gasteiger partial charge in [-0.05, 0) is 44.1 Å². The van der Waals surface area contributed by atoms with E-state index in [2.05, 4.69) is 18.7 Å². The second kappa shape index (κ2) is 4.36. The summed E-state index contributed by atoms with van der Waals surface area (Å²) in [6, 6.07) is 0.295. The molecule has 0 aromatic rings. The summed E-state index contributed by atoms with van der Waals surface area (Å²) in [5, 5.41) is 9.26. The van der Waals surface area contributed by atoms with Crippen molar-refractivity contribution in [1.29, 1.82) is 0 Å². The zero-order valence-corrected chi connectivity index (χ0v) is 10.4. The fourth-order valence-corrected chi connectivity index (χ4v) is 3.34. The van der Waals surface area contributed by atoms with E-state index in [4.69, 9.17) is 0 Å². The van der Waals surface area contributed by atoms with Gasteiger partial charge in [-0.1, -0.05) is 20.3 Å². The molecule has 0 amide bonds. The van der Waals surface area contributed by atoms with Crippen LogP contribution in [0.15, 0.2) is 0 Å². The Balaban J connectivity index is 2.04. The molecule has 0 aromatic carbocycles. The number of carboxylic acids is 1. The zero-order valence-electron chi connectivity index (χ0n) is 10.4. The molecule has 3 heteroatoms. The first-order chi connectivity index (χ1) is 7.49. The van der Waals surface area contributed by atoms with E-state index >= 15 is 0 Å². The van der Waals surface area contributed by atoms with Gasteiger partial charge >= 0.3 is 5.97 Å². The van der Waals surface area contributed by atoms with Crippen molar-refractivity contribution in [2.75, 3.05) is 6.54 Å². The van der Waals surface area contributed by atoms with Crippen LogP contribution >= 0.6 is 0 Å². The fourth-order valence-electron chi connectivity index (χ4n) is 3.34. The van der Waals surface area contributed by atoms with Crippen LogP contribution in [0.5, 0.6) is 0 Å². The third-order valence-corrected chi connectivity index (χ3v) is 4.24. The molecule has 3 nitrogen and oxygen atoms in total. The number of likely N-dealkylation sites (tertiary alicyclic amines) is 1. The van der Waals surface area contributed by atoms with Crippen molar-refractivity contribution < 1.29 is 9.90 Å². The Hall–Kier alpha value is -0.570. The van der Waals surface area contributed by atoms with Gasteiger partial charge in [0.05, 0.1) is 0 Å². The first-order valence-corrected chi connectivity index (χ1v) is 6.48. The van der Waals surface area contributed by atoms with Crippen LogP contribution in [0.1, 0.15) is 52.4 Å². The monoisotopic (exact) mass is 225 g/mol. The van der Waals surface area contributed by atoms with Gasteiger partial charge < -0.3 is 5.11 Å². The van der Waals surface area contributed by atoms with E-state index in [9.17, 15) is 9.90 Å².